The number of esters is 1. The van der Waals surface area contributed by atoms with Crippen molar-refractivity contribution in [3.63, 3.8) is 0 Å². The summed E-state index contributed by atoms with van der Waals surface area (Å²) in [6.45, 7) is 12.7. The molecule has 0 amide bonds. The minimum Gasteiger partial charge on any atom is -0.436 e. The molecule has 27 heavy (non-hydrogen) atoms. The van der Waals surface area contributed by atoms with E-state index in [4.69, 9.17) is 9.47 Å². The topological polar surface area (TPSA) is 35.5 Å². The molecule has 9 atom stereocenters. The third kappa shape index (κ3) is 3.70. The van der Waals surface area contributed by atoms with Gasteiger partial charge in [0.15, 0.2) is 6.29 Å². The molecule has 0 saturated heterocycles. The Kier molecular flexibility index (Phi) is 5.15. The lowest BCUT2D eigenvalue weighted by atomic mass is 9.70. The van der Waals surface area contributed by atoms with Gasteiger partial charge in [0.1, 0.15) is 0 Å². The third-order valence-corrected chi connectivity index (χ3v) is 8.26. The van der Waals surface area contributed by atoms with Crippen LogP contribution < -0.4 is 0 Å². The van der Waals surface area contributed by atoms with Gasteiger partial charge >= 0.3 is 5.97 Å². The van der Waals surface area contributed by atoms with Gasteiger partial charge in [0.05, 0.1) is 12.0 Å². The first-order chi connectivity index (χ1) is 12.6. The third-order valence-electron chi connectivity index (χ3n) is 8.26. The Labute approximate surface area is 165 Å². The molecule has 8 unspecified atom stereocenters. The minimum absolute atomic E-state index is 0.0500. The van der Waals surface area contributed by atoms with Gasteiger partial charge in [-0.2, -0.15) is 0 Å². The highest BCUT2D eigenvalue weighted by atomic mass is 16.7. The molecule has 0 aromatic carbocycles. The summed E-state index contributed by atoms with van der Waals surface area (Å²) in [7, 11) is 0. The van der Waals surface area contributed by atoms with Crippen molar-refractivity contribution >= 4 is 5.97 Å². The Bertz CT molecular complexity index is 562. The van der Waals surface area contributed by atoms with Crippen molar-refractivity contribution in [2.75, 3.05) is 0 Å². The zero-order valence-electron chi connectivity index (χ0n) is 18.2. The van der Waals surface area contributed by atoms with Crippen LogP contribution >= 0.6 is 0 Å². The normalized spacial score (nSPS) is 41.8. The highest BCUT2D eigenvalue weighted by Crippen LogP contribution is 2.67. The van der Waals surface area contributed by atoms with Gasteiger partial charge in [-0.25, -0.2) is 0 Å². The predicted octanol–water partition coefficient (Wildman–Crippen LogP) is 5.67. The number of ether oxygens (including phenoxy) is 2. The van der Waals surface area contributed by atoms with Crippen molar-refractivity contribution in [1.29, 1.82) is 0 Å². The highest BCUT2D eigenvalue weighted by molar-refractivity contribution is 5.72. The fraction of sp³-hybridized carbons (Fsp3) is 0.958. The van der Waals surface area contributed by atoms with E-state index in [1.54, 1.807) is 0 Å². The van der Waals surface area contributed by atoms with E-state index in [0.29, 0.717) is 12.0 Å². The first kappa shape index (κ1) is 19.7. The minimum atomic E-state index is -0.417. The number of fused-ring (bicyclic) bond motifs is 9. The molecule has 4 aliphatic carbocycles. The largest absolute Gasteiger partial charge is 0.436 e. The fourth-order valence-corrected chi connectivity index (χ4v) is 7.44. The standard InChI is InChI=1S/C24H40O3/c1-13(2)19(12-24(4,5)6)23(25)27-14(3)26-20-11-17-10-18(20)22-16-8-7-15(9-16)21(17)22/h13-22H,7-12H2,1-6H3/t14?,15?,16?,17?,18?,19-,20?,21?,22?/m0/s1. The van der Waals surface area contributed by atoms with E-state index in [-0.39, 0.29) is 17.3 Å². The van der Waals surface area contributed by atoms with E-state index in [0.717, 1.165) is 41.9 Å². The predicted molar refractivity (Wildman–Crippen MR) is 107 cm³/mol. The van der Waals surface area contributed by atoms with Gasteiger partial charge in [-0.15, -0.1) is 0 Å². The Balaban J connectivity index is 1.32. The summed E-state index contributed by atoms with van der Waals surface area (Å²) >= 11 is 0. The van der Waals surface area contributed by atoms with Crippen LogP contribution in [0.25, 0.3) is 0 Å². The molecule has 0 heterocycles. The number of carbonyl (C=O) groups excluding carboxylic acids is 1. The molecule has 0 radical (unpaired) electrons. The van der Waals surface area contributed by atoms with E-state index >= 15 is 0 Å². The zero-order chi connectivity index (χ0) is 19.5. The van der Waals surface area contributed by atoms with E-state index in [9.17, 15) is 4.79 Å². The van der Waals surface area contributed by atoms with Crippen LogP contribution in [0.2, 0.25) is 0 Å². The average Bonchev–Trinajstić information content (AvgIpc) is 3.29. The summed E-state index contributed by atoms with van der Waals surface area (Å²) in [5, 5.41) is 0. The van der Waals surface area contributed by atoms with E-state index < -0.39 is 6.29 Å². The van der Waals surface area contributed by atoms with Crippen LogP contribution in [0.15, 0.2) is 0 Å². The van der Waals surface area contributed by atoms with Crippen molar-refractivity contribution in [1.82, 2.24) is 0 Å². The van der Waals surface area contributed by atoms with Gasteiger partial charge in [-0.1, -0.05) is 34.6 Å². The monoisotopic (exact) mass is 376 g/mol. The Hall–Kier alpha value is -0.570. The summed E-state index contributed by atoms with van der Waals surface area (Å²) in [5.74, 6) is 5.69. The van der Waals surface area contributed by atoms with Crippen LogP contribution in [0.3, 0.4) is 0 Å². The molecule has 3 nitrogen and oxygen atoms in total. The molecule has 4 aliphatic rings. The van der Waals surface area contributed by atoms with E-state index in [1.165, 1.54) is 32.1 Å². The number of carbonyl (C=O) groups is 1. The van der Waals surface area contributed by atoms with Crippen molar-refractivity contribution in [3.8, 4) is 0 Å². The Morgan fingerprint density at radius 2 is 1.63 bits per heavy atom. The Morgan fingerprint density at radius 1 is 0.963 bits per heavy atom. The lowest BCUT2D eigenvalue weighted by molar-refractivity contribution is -0.199. The zero-order valence-corrected chi connectivity index (χ0v) is 18.2. The quantitative estimate of drug-likeness (QED) is 0.340. The molecule has 154 valence electrons. The summed E-state index contributed by atoms with van der Waals surface area (Å²) < 4.78 is 12.2. The van der Waals surface area contributed by atoms with Crippen molar-refractivity contribution in [2.24, 2.45) is 52.8 Å². The van der Waals surface area contributed by atoms with E-state index in [1.807, 2.05) is 6.92 Å². The summed E-state index contributed by atoms with van der Waals surface area (Å²) in [5.41, 5.74) is 0.124. The molecule has 0 aromatic heterocycles. The first-order valence-corrected chi connectivity index (χ1v) is 11.5. The lowest BCUT2D eigenvalue weighted by Gasteiger charge is -2.39. The molecule has 0 aromatic rings. The van der Waals surface area contributed by atoms with Gasteiger partial charge in [0, 0.05) is 0 Å². The number of hydrogen-bond donors (Lipinski definition) is 0. The van der Waals surface area contributed by atoms with Crippen LogP contribution in [-0.4, -0.2) is 18.4 Å². The van der Waals surface area contributed by atoms with Gasteiger partial charge in [-0.3, -0.25) is 4.79 Å². The van der Waals surface area contributed by atoms with Crippen molar-refractivity contribution in [2.45, 2.75) is 92.5 Å². The molecule has 4 fully saturated rings. The second kappa shape index (κ2) is 7.04. The number of hydrogen-bond acceptors (Lipinski definition) is 3. The maximum absolute atomic E-state index is 12.8. The summed E-state index contributed by atoms with van der Waals surface area (Å²) in [6.07, 6.45) is 7.76. The van der Waals surface area contributed by atoms with Gasteiger partial charge < -0.3 is 9.47 Å². The molecule has 0 aliphatic heterocycles. The average molecular weight is 377 g/mol. The van der Waals surface area contributed by atoms with Crippen molar-refractivity contribution in [3.05, 3.63) is 0 Å². The number of rotatable bonds is 6. The fourth-order valence-electron chi connectivity index (χ4n) is 7.44. The molecule has 4 bridgehead atoms. The van der Waals surface area contributed by atoms with E-state index in [2.05, 4.69) is 34.6 Å². The summed E-state index contributed by atoms with van der Waals surface area (Å²) in [4.78, 5) is 12.8. The van der Waals surface area contributed by atoms with Gasteiger partial charge in [-0.05, 0) is 92.3 Å². The van der Waals surface area contributed by atoms with Crippen LogP contribution in [0, 0.1) is 52.8 Å². The second-order valence-electron chi connectivity index (χ2n) is 11.7. The molecule has 0 spiro atoms. The van der Waals surface area contributed by atoms with Crippen LogP contribution in [0.4, 0.5) is 0 Å². The lowest BCUT2D eigenvalue weighted by Crippen LogP contribution is -2.39. The Morgan fingerprint density at radius 3 is 2.26 bits per heavy atom. The SMILES string of the molecule is CC(OC(=O)[C@@H](CC(C)(C)C)C(C)C)OC1CC2CC1C1C3CCC(C3)C21. The maximum atomic E-state index is 12.8. The van der Waals surface area contributed by atoms with Crippen LogP contribution in [-0.2, 0) is 14.3 Å². The summed E-state index contributed by atoms with van der Waals surface area (Å²) in [6, 6.07) is 0. The smallest absolute Gasteiger partial charge is 0.311 e. The molecular formula is C24H40O3. The van der Waals surface area contributed by atoms with Crippen LogP contribution in [0.5, 0.6) is 0 Å². The highest BCUT2D eigenvalue weighted by Gasteiger charge is 2.62. The first-order valence-electron chi connectivity index (χ1n) is 11.5. The molecule has 4 saturated carbocycles. The molecule has 4 rings (SSSR count). The van der Waals surface area contributed by atoms with Crippen molar-refractivity contribution < 1.29 is 14.3 Å². The molecule has 0 N–H and O–H groups in total. The molecule has 3 heteroatoms. The second-order valence-corrected chi connectivity index (χ2v) is 11.7. The van der Waals surface area contributed by atoms with Gasteiger partial charge in [0.2, 0.25) is 0 Å². The van der Waals surface area contributed by atoms with Gasteiger partial charge in [0.25, 0.3) is 0 Å². The molecular weight excluding hydrogens is 336 g/mol. The maximum Gasteiger partial charge on any atom is 0.311 e. The van der Waals surface area contributed by atoms with Crippen LogP contribution in [0.1, 0.15) is 80.1 Å².